The van der Waals surface area contributed by atoms with Gasteiger partial charge in [-0.05, 0) is 88.0 Å². The summed E-state index contributed by atoms with van der Waals surface area (Å²) in [6, 6.07) is 0.452. The Hall–Kier alpha value is -0.570. The van der Waals surface area contributed by atoms with E-state index in [2.05, 4.69) is 11.8 Å². The van der Waals surface area contributed by atoms with Crippen molar-refractivity contribution in [3.63, 3.8) is 0 Å². The molecule has 0 aromatic heterocycles. The molecule has 1 N–H and O–H groups in total. The van der Waals surface area contributed by atoms with Crippen LogP contribution >= 0.6 is 0 Å². The Kier molecular flexibility index (Phi) is 3.33. The summed E-state index contributed by atoms with van der Waals surface area (Å²) in [5, 5.41) is 9.23. The van der Waals surface area contributed by atoms with Gasteiger partial charge in [-0.2, -0.15) is 0 Å². The first-order valence-electron chi connectivity index (χ1n) is 9.00. The van der Waals surface area contributed by atoms with Crippen molar-refractivity contribution in [3.05, 3.63) is 0 Å². The van der Waals surface area contributed by atoms with Crippen LogP contribution in [0, 0.1) is 29.1 Å². The molecule has 5 aliphatic rings. The Balaban J connectivity index is 1.43. The molecule has 5 fully saturated rings. The Morgan fingerprint density at radius 2 is 1.67 bits per heavy atom. The first-order valence-corrected chi connectivity index (χ1v) is 9.00. The zero-order chi connectivity index (χ0) is 14.6. The number of hydrogen-bond acceptors (Lipinski definition) is 2. The second-order valence-corrected chi connectivity index (χ2v) is 8.80. The van der Waals surface area contributed by atoms with Crippen LogP contribution < -0.4 is 0 Å². The normalized spacial score (nSPS) is 49.5. The lowest BCUT2D eigenvalue weighted by molar-refractivity contribution is -0.144. The quantitative estimate of drug-likeness (QED) is 0.866. The van der Waals surface area contributed by atoms with Crippen molar-refractivity contribution in [3.8, 4) is 0 Å². The molecule has 0 amide bonds. The van der Waals surface area contributed by atoms with Gasteiger partial charge in [0.25, 0.3) is 0 Å². The topological polar surface area (TPSA) is 40.5 Å². The van der Waals surface area contributed by atoms with Crippen LogP contribution in [0.2, 0.25) is 0 Å². The smallest absolute Gasteiger partial charge is 0.306 e. The molecular formula is C18H29NO2. The fourth-order valence-corrected chi connectivity index (χ4v) is 6.59. The van der Waals surface area contributed by atoms with Gasteiger partial charge in [0.2, 0.25) is 0 Å². The highest BCUT2D eigenvalue weighted by Gasteiger charge is 2.51. The van der Waals surface area contributed by atoms with E-state index in [0.717, 1.165) is 37.1 Å². The number of carboxylic acids is 1. The fraction of sp³-hybridized carbons (Fsp3) is 0.944. The SMILES string of the molecule is CC1CC(C(=O)O)CCN1CC12CC3CC(CC(C3)C1)C2. The molecule has 0 radical (unpaired) electrons. The molecule has 1 aliphatic heterocycles. The summed E-state index contributed by atoms with van der Waals surface area (Å²) in [5.74, 6) is 2.36. The lowest BCUT2D eigenvalue weighted by Gasteiger charge is -2.58. The molecular weight excluding hydrogens is 262 g/mol. The molecule has 118 valence electrons. The molecule has 4 saturated carbocycles. The molecule has 5 rings (SSSR count). The van der Waals surface area contributed by atoms with Gasteiger partial charge in [0.1, 0.15) is 0 Å². The third-order valence-electron chi connectivity index (χ3n) is 7.07. The Bertz CT molecular complexity index is 398. The number of carbonyl (C=O) groups is 1. The number of piperidine rings is 1. The van der Waals surface area contributed by atoms with Gasteiger partial charge in [-0.25, -0.2) is 0 Å². The maximum absolute atomic E-state index is 11.2. The van der Waals surface area contributed by atoms with E-state index >= 15 is 0 Å². The van der Waals surface area contributed by atoms with E-state index in [1.165, 1.54) is 45.1 Å². The summed E-state index contributed by atoms with van der Waals surface area (Å²) in [6.45, 7) is 4.50. The predicted molar refractivity (Wildman–Crippen MR) is 82.0 cm³/mol. The van der Waals surface area contributed by atoms with Gasteiger partial charge in [0.15, 0.2) is 0 Å². The predicted octanol–water partition coefficient (Wildman–Crippen LogP) is 3.39. The fourth-order valence-electron chi connectivity index (χ4n) is 6.59. The highest BCUT2D eigenvalue weighted by molar-refractivity contribution is 5.70. The van der Waals surface area contributed by atoms with Crippen LogP contribution in [-0.4, -0.2) is 35.1 Å². The van der Waals surface area contributed by atoms with Crippen molar-refractivity contribution < 1.29 is 9.90 Å². The van der Waals surface area contributed by atoms with Crippen molar-refractivity contribution >= 4 is 5.97 Å². The lowest BCUT2D eigenvalue weighted by Crippen LogP contribution is -2.54. The molecule has 3 heteroatoms. The molecule has 0 aromatic carbocycles. The number of carboxylic acid groups (broad SMARTS) is 1. The van der Waals surface area contributed by atoms with Gasteiger partial charge < -0.3 is 10.0 Å². The van der Waals surface area contributed by atoms with Crippen molar-refractivity contribution in [1.82, 2.24) is 4.90 Å². The van der Waals surface area contributed by atoms with Gasteiger partial charge in [0, 0.05) is 12.6 Å². The van der Waals surface area contributed by atoms with Crippen LogP contribution in [0.15, 0.2) is 0 Å². The maximum atomic E-state index is 11.2. The van der Waals surface area contributed by atoms with Gasteiger partial charge in [0.05, 0.1) is 5.92 Å². The Morgan fingerprint density at radius 1 is 1.10 bits per heavy atom. The Morgan fingerprint density at radius 3 is 2.14 bits per heavy atom. The highest BCUT2D eigenvalue weighted by Crippen LogP contribution is 2.60. The standard InChI is InChI=1S/C18H29NO2/c1-12-4-16(17(20)21)2-3-19(12)11-18-8-13-5-14(9-18)7-15(6-13)10-18/h12-16H,2-11H2,1H3,(H,20,21). The summed E-state index contributed by atoms with van der Waals surface area (Å²) in [7, 11) is 0. The third kappa shape index (κ3) is 2.52. The van der Waals surface area contributed by atoms with Crippen molar-refractivity contribution in [2.24, 2.45) is 29.1 Å². The van der Waals surface area contributed by atoms with Crippen LogP contribution in [0.1, 0.15) is 58.3 Å². The van der Waals surface area contributed by atoms with E-state index in [4.69, 9.17) is 0 Å². The minimum atomic E-state index is -0.587. The first-order chi connectivity index (χ1) is 10.0. The van der Waals surface area contributed by atoms with E-state index in [0.29, 0.717) is 11.5 Å². The van der Waals surface area contributed by atoms with Crippen LogP contribution in [0.25, 0.3) is 0 Å². The summed E-state index contributed by atoms with van der Waals surface area (Å²) in [6.07, 6.45) is 10.6. The summed E-state index contributed by atoms with van der Waals surface area (Å²) in [5.41, 5.74) is 0.596. The minimum Gasteiger partial charge on any atom is -0.481 e. The average Bonchev–Trinajstić information content (AvgIpc) is 2.39. The summed E-state index contributed by atoms with van der Waals surface area (Å²) < 4.78 is 0. The molecule has 4 bridgehead atoms. The van der Waals surface area contributed by atoms with Crippen LogP contribution in [0.4, 0.5) is 0 Å². The molecule has 2 unspecified atom stereocenters. The summed E-state index contributed by atoms with van der Waals surface area (Å²) >= 11 is 0. The van der Waals surface area contributed by atoms with Gasteiger partial charge in [-0.1, -0.05) is 0 Å². The zero-order valence-electron chi connectivity index (χ0n) is 13.3. The molecule has 2 atom stereocenters. The van der Waals surface area contributed by atoms with Crippen LogP contribution in [-0.2, 0) is 4.79 Å². The van der Waals surface area contributed by atoms with E-state index in [9.17, 15) is 9.90 Å². The van der Waals surface area contributed by atoms with Crippen LogP contribution in [0.5, 0.6) is 0 Å². The number of aliphatic carboxylic acids is 1. The van der Waals surface area contributed by atoms with E-state index in [1.54, 1.807) is 0 Å². The number of rotatable bonds is 3. The number of nitrogens with zero attached hydrogens (tertiary/aromatic N) is 1. The molecule has 1 heterocycles. The van der Waals surface area contributed by atoms with E-state index in [-0.39, 0.29) is 5.92 Å². The molecule has 4 aliphatic carbocycles. The second kappa shape index (κ2) is 4.97. The van der Waals surface area contributed by atoms with Gasteiger partial charge in [-0.15, -0.1) is 0 Å². The van der Waals surface area contributed by atoms with Gasteiger partial charge in [-0.3, -0.25) is 4.79 Å². The van der Waals surface area contributed by atoms with Gasteiger partial charge >= 0.3 is 5.97 Å². The number of likely N-dealkylation sites (tertiary alicyclic amines) is 1. The number of hydrogen-bond donors (Lipinski definition) is 1. The van der Waals surface area contributed by atoms with Crippen molar-refractivity contribution in [2.45, 2.75) is 64.3 Å². The highest BCUT2D eigenvalue weighted by atomic mass is 16.4. The molecule has 3 nitrogen and oxygen atoms in total. The average molecular weight is 291 g/mol. The molecule has 1 saturated heterocycles. The second-order valence-electron chi connectivity index (χ2n) is 8.80. The van der Waals surface area contributed by atoms with Crippen LogP contribution in [0.3, 0.4) is 0 Å². The molecule has 0 aromatic rings. The molecule has 0 spiro atoms. The molecule has 21 heavy (non-hydrogen) atoms. The first kappa shape index (κ1) is 14.0. The maximum Gasteiger partial charge on any atom is 0.306 e. The monoisotopic (exact) mass is 291 g/mol. The lowest BCUT2D eigenvalue weighted by atomic mass is 9.49. The van der Waals surface area contributed by atoms with Crippen molar-refractivity contribution in [1.29, 1.82) is 0 Å². The van der Waals surface area contributed by atoms with E-state index < -0.39 is 5.97 Å². The minimum absolute atomic E-state index is 0.104. The third-order valence-corrected chi connectivity index (χ3v) is 7.07. The zero-order valence-corrected chi connectivity index (χ0v) is 13.3. The largest absolute Gasteiger partial charge is 0.481 e. The van der Waals surface area contributed by atoms with E-state index in [1.807, 2.05) is 0 Å². The Labute approximate surface area is 128 Å². The van der Waals surface area contributed by atoms with Crippen molar-refractivity contribution in [2.75, 3.05) is 13.1 Å². The summed E-state index contributed by atoms with van der Waals surface area (Å²) in [4.78, 5) is 13.8.